The Labute approximate surface area is 131 Å². The van der Waals surface area contributed by atoms with E-state index in [2.05, 4.69) is 42.6 Å². The summed E-state index contributed by atoms with van der Waals surface area (Å²) in [6.45, 7) is 3.21. The standard InChI is InChI=1S/C18H24N2S/c1-2-16-17(13-19-15-10-6-7-11-15)21-18(20-16)12-14-8-4-3-5-9-14/h3-5,8-9,15,19H,2,6-7,10-13H2,1H3. The molecule has 1 aromatic carbocycles. The summed E-state index contributed by atoms with van der Waals surface area (Å²) in [5.41, 5.74) is 2.64. The number of aromatic nitrogens is 1. The van der Waals surface area contributed by atoms with Crippen molar-refractivity contribution < 1.29 is 0 Å². The van der Waals surface area contributed by atoms with Crippen molar-refractivity contribution >= 4 is 11.3 Å². The molecule has 0 aliphatic heterocycles. The maximum absolute atomic E-state index is 4.85. The van der Waals surface area contributed by atoms with Crippen molar-refractivity contribution in [3.63, 3.8) is 0 Å². The van der Waals surface area contributed by atoms with Crippen molar-refractivity contribution in [3.8, 4) is 0 Å². The maximum Gasteiger partial charge on any atom is 0.0975 e. The number of nitrogens with zero attached hydrogens (tertiary/aromatic N) is 1. The monoisotopic (exact) mass is 300 g/mol. The number of aryl methyl sites for hydroxylation is 1. The summed E-state index contributed by atoms with van der Waals surface area (Å²) in [6, 6.07) is 11.4. The molecule has 0 saturated heterocycles. The topological polar surface area (TPSA) is 24.9 Å². The Balaban J connectivity index is 1.65. The molecule has 1 aliphatic rings. The van der Waals surface area contributed by atoms with Gasteiger partial charge in [-0.1, -0.05) is 50.1 Å². The molecule has 2 aromatic rings. The summed E-state index contributed by atoms with van der Waals surface area (Å²) in [5, 5.41) is 4.97. The summed E-state index contributed by atoms with van der Waals surface area (Å²) in [7, 11) is 0. The first-order chi connectivity index (χ1) is 10.3. The lowest BCUT2D eigenvalue weighted by Crippen LogP contribution is -2.25. The molecule has 1 saturated carbocycles. The van der Waals surface area contributed by atoms with E-state index < -0.39 is 0 Å². The van der Waals surface area contributed by atoms with Gasteiger partial charge in [0.25, 0.3) is 0 Å². The molecule has 21 heavy (non-hydrogen) atoms. The molecule has 0 amide bonds. The van der Waals surface area contributed by atoms with Gasteiger partial charge in [0.15, 0.2) is 0 Å². The van der Waals surface area contributed by atoms with E-state index in [4.69, 9.17) is 4.98 Å². The average molecular weight is 300 g/mol. The third kappa shape index (κ3) is 3.92. The first kappa shape index (κ1) is 14.7. The fourth-order valence-electron chi connectivity index (χ4n) is 3.06. The average Bonchev–Trinajstić information content (AvgIpc) is 3.15. The summed E-state index contributed by atoms with van der Waals surface area (Å²) in [6.07, 6.45) is 7.46. The van der Waals surface area contributed by atoms with Crippen LogP contribution < -0.4 is 5.32 Å². The largest absolute Gasteiger partial charge is 0.309 e. The zero-order chi connectivity index (χ0) is 14.5. The van der Waals surface area contributed by atoms with E-state index in [0.29, 0.717) is 0 Å². The molecule has 2 nitrogen and oxygen atoms in total. The van der Waals surface area contributed by atoms with Crippen LogP contribution in [0.3, 0.4) is 0 Å². The highest BCUT2D eigenvalue weighted by Crippen LogP contribution is 2.23. The summed E-state index contributed by atoms with van der Waals surface area (Å²) in [4.78, 5) is 6.29. The molecule has 0 radical (unpaired) electrons. The lowest BCUT2D eigenvalue weighted by Gasteiger charge is -2.10. The summed E-state index contributed by atoms with van der Waals surface area (Å²) >= 11 is 1.89. The lowest BCUT2D eigenvalue weighted by molar-refractivity contribution is 0.525. The van der Waals surface area contributed by atoms with Gasteiger partial charge in [0, 0.05) is 23.9 Å². The minimum Gasteiger partial charge on any atom is -0.309 e. The van der Waals surface area contributed by atoms with E-state index in [1.807, 2.05) is 11.3 Å². The molecule has 0 unspecified atom stereocenters. The first-order valence-electron chi connectivity index (χ1n) is 8.10. The smallest absolute Gasteiger partial charge is 0.0975 e. The van der Waals surface area contributed by atoms with Crippen LogP contribution in [0, 0.1) is 0 Å². The molecule has 1 aliphatic carbocycles. The van der Waals surface area contributed by atoms with Crippen molar-refractivity contribution in [2.45, 2.75) is 58.0 Å². The van der Waals surface area contributed by atoms with Crippen LogP contribution in [0.4, 0.5) is 0 Å². The minimum atomic E-state index is 0.731. The van der Waals surface area contributed by atoms with E-state index >= 15 is 0 Å². The van der Waals surface area contributed by atoms with Gasteiger partial charge >= 0.3 is 0 Å². The van der Waals surface area contributed by atoms with Crippen LogP contribution in [-0.2, 0) is 19.4 Å². The Morgan fingerprint density at radius 1 is 1.19 bits per heavy atom. The molecule has 3 rings (SSSR count). The van der Waals surface area contributed by atoms with Crippen molar-refractivity contribution in [2.24, 2.45) is 0 Å². The Bertz CT molecular complexity index is 556. The van der Waals surface area contributed by atoms with Crippen molar-refractivity contribution in [1.82, 2.24) is 10.3 Å². The van der Waals surface area contributed by atoms with Crippen LogP contribution in [0.5, 0.6) is 0 Å². The van der Waals surface area contributed by atoms with Gasteiger partial charge in [0.2, 0.25) is 0 Å². The van der Waals surface area contributed by atoms with Crippen molar-refractivity contribution in [3.05, 3.63) is 51.5 Å². The molecular weight excluding hydrogens is 276 g/mol. The normalized spacial score (nSPS) is 15.7. The number of nitrogens with one attached hydrogen (secondary N) is 1. The van der Waals surface area contributed by atoms with Gasteiger partial charge < -0.3 is 5.32 Å². The quantitative estimate of drug-likeness (QED) is 0.859. The Morgan fingerprint density at radius 2 is 1.95 bits per heavy atom. The zero-order valence-electron chi connectivity index (χ0n) is 12.8. The molecular formula is C18H24N2S. The SMILES string of the molecule is CCc1nc(Cc2ccccc2)sc1CNC1CCCC1. The van der Waals surface area contributed by atoms with Crippen LogP contribution >= 0.6 is 11.3 Å². The van der Waals surface area contributed by atoms with Crippen LogP contribution in [0.2, 0.25) is 0 Å². The van der Waals surface area contributed by atoms with Gasteiger partial charge in [-0.15, -0.1) is 11.3 Å². The Hall–Kier alpha value is -1.19. The van der Waals surface area contributed by atoms with E-state index in [-0.39, 0.29) is 0 Å². The van der Waals surface area contributed by atoms with Gasteiger partial charge in [-0.05, 0) is 24.8 Å². The van der Waals surface area contributed by atoms with Crippen LogP contribution in [0.1, 0.15) is 53.7 Å². The molecule has 1 fully saturated rings. The van der Waals surface area contributed by atoms with E-state index in [0.717, 1.165) is 25.4 Å². The van der Waals surface area contributed by atoms with Gasteiger partial charge in [0.05, 0.1) is 10.7 Å². The van der Waals surface area contributed by atoms with Crippen molar-refractivity contribution in [2.75, 3.05) is 0 Å². The second-order valence-corrected chi connectivity index (χ2v) is 7.02. The first-order valence-corrected chi connectivity index (χ1v) is 8.91. The third-order valence-electron chi connectivity index (χ3n) is 4.26. The Kier molecular flexibility index (Phi) is 5.04. The summed E-state index contributed by atoms with van der Waals surface area (Å²) in [5.74, 6) is 0. The van der Waals surface area contributed by atoms with Gasteiger partial charge in [-0.3, -0.25) is 0 Å². The maximum atomic E-state index is 4.85. The van der Waals surface area contributed by atoms with Crippen LogP contribution in [0.15, 0.2) is 30.3 Å². The predicted molar refractivity (Wildman–Crippen MR) is 89.8 cm³/mol. The molecule has 112 valence electrons. The van der Waals surface area contributed by atoms with Gasteiger partial charge in [0.1, 0.15) is 0 Å². The molecule has 0 atom stereocenters. The molecule has 3 heteroatoms. The fraction of sp³-hybridized carbons (Fsp3) is 0.500. The Morgan fingerprint density at radius 3 is 2.67 bits per heavy atom. The molecule has 1 N–H and O–H groups in total. The highest BCUT2D eigenvalue weighted by molar-refractivity contribution is 7.11. The highest BCUT2D eigenvalue weighted by Gasteiger charge is 2.16. The van der Waals surface area contributed by atoms with Gasteiger partial charge in [-0.2, -0.15) is 0 Å². The second kappa shape index (κ2) is 7.19. The number of thiazole rings is 1. The zero-order valence-corrected chi connectivity index (χ0v) is 13.6. The van der Waals surface area contributed by atoms with E-state index in [1.54, 1.807) is 0 Å². The van der Waals surface area contributed by atoms with Crippen LogP contribution in [0.25, 0.3) is 0 Å². The lowest BCUT2D eigenvalue weighted by atomic mass is 10.2. The number of benzene rings is 1. The summed E-state index contributed by atoms with van der Waals surface area (Å²) < 4.78 is 0. The minimum absolute atomic E-state index is 0.731. The number of hydrogen-bond acceptors (Lipinski definition) is 3. The predicted octanol–water partition coefficient (Wildman–Crippen LogP) is 4.33. The molecule has 1 aromatic heterocycles. The highest BCUT2D eigenvalue weighted by atomic mass is 32.1. The molecule has 1 heterocycles. The number of rotatable bonds is 6. The van der Waals surface area contributed by atoms with Crippen LogP contribution in [-0.4, -0.2) is 11.0 Å². The molecule has 0 bridgehead atoms. The number of hydrogen-bond donors (Lipinski definition) is 1. The fourth-order valence-corrected chi connectivity index (χ4v) is 4.21. The van der Waals surface area contributed by atoms with E-state index in [9.17, 15) is 0 Å². The van der Waals surface area contributed by atoms with E-state index in [1.165, 1.54) is 46.8 Å². The second-order valence-electron chi connectivity index (χ2n) is 5.86. The molecule has 0 spiro atoms. The van der Waals surface area contributed by atoms with Gasteiger partial charge in [-0.25, -0.2) is 4.98 Å². The van der Waals surface area contributed by atoms with Crippen molar-refractivity contribution in [1.29, 1.82) is 0 Å². The third-order valence-corrected chi connectivity index (χ3v) is 5.36.